The van der Waals surface area contributed by atoms with Crippen molar-refractivity contribution in [3.63, 3.8) is 0 Å². The number of nitrogens with one attached hydrogen (secondary N) is 2. The first-order valence-electron chi connectivity index (χ1n) is 4.55. The number of hydrogen-bond acceptors (Lipinski definition) is 3. The average Bonchev–Trinajstić information content (AvgIpc) is 1.99. The number of carbonyl (C=O) groups excluding carboxylic acids is 1. The lowest BCUT2D eigenvalue weighted by atomic mass is 10.2. The normalized spacial score (nSPS) is 10.9. The first-order chi connectivity index (χ1) is 6.87. The Bertz CT molecular complexity index is 404. The lowest BCUT2D eigenvalue weighted by Crippen LogP contribution is -2.27. The van der Waals surface area contributed by atoms with Gasteiger partial charge in [-0.15, -0.1) is 0 Å². The van der Waals surface area contributed by atoms with Gasteiger partial charge in [0.15, 0.2) is 0 Å². The van der Waals surface area contributed by atoms with Crippen molar-refractivity contribution in [1.82, 2.24) is 4.98 Å². The highest BCUT2D eigenvalue weighted by atomic mass is 16.6. The molecule has 0 atom stereocenters. The van der Waals surface area contributed by atoms with Crippen LogP contribution in [0.25, 0.3) is 0 Å². The Morgan fingerprint density at radius 3 is 2.67 bits per heavy atom. The van der Waals surface area contributed by atoms with E-state index in [9.17, 15) is 9.59 Å². The number of ether oxygens (including phenoxy) is 1. The molecule has 0 aromatic carbocycles. The minimum Gasteiger partial charge on any atom is -0.444 e. The fourth-order valence-corrected chi connectivity index (χ4v) is 0.944. The van der Waals surface area contributed by atoms with E-state index in [4.69, 9.17) is 4.74 Å². The minimum atomic E-state index is -0.576. The van der Waals surface area contributed by atoms with E-state index < -0.39 is 11.7 Å². The summed E-state index contributed by atoms with van der Waals surface area (Å²) in [6, 6.07) is 2.86. The Labute approximate surface area is 87.5 Å². The number of amides is 1. The zero-order chi connectivity index (χ0) is 11.5. The van der Waals surface area contributed by atoms with Gasteiger partial charge in [-0.1, -0.05) is 0 Å². The van der Waals surface area contributed by atoms with Gasteiger partial charge in [0.25, 0.3) is 0 Å². The van der Waals surface area contributed by atoms with Crippen LogP contribution in [0.4, 0.5) is 10.5 Å². The van der Waals surface area contributed by atoms with Gasteiger partial charge in [0.05, 0.1) is 5.69 Å². The van der Waals surface area contributed by atoms with Crippen molar-refractivity contribution < 1.29 is 9.53 Å². The second kappa shape index (κ2) is 4.16. The van der Waals surface area contributed by atoms with Gasteiger partial charge >= 0.3 is 6.09 Å². The quantitative estimate of drug-likeness (QED) is 0.741. The van der Waals surface area contributed by atoms with Gasteiger partial charge in [-0.2, -0.15) is 0 Å². The first-order valence-corrected chi connectivity index (χ1v) is 4.55. The van der Waals surface area contributed by atoms with Crippen LogP contribution in [0.2, 0.25) is 0 Å². The molecule has 0 radical (unpaired) electrons. The number of aromatic nitrogens is 1. The number of hydrogen-bond donors (Lipinski definition) is 2. The summed E-state index contributed by atoms with van der Waals surface area (Å²) in [5.41, 5.74) is -0.415. The molecule has 5 heteroatoms. The van der Waals surface area contributed by atoms with Crippen LogP contribution in [0.1, 0.15) is 20.8 Å². The molecule has 0 unspecified atom stereocenters. The summed E-state index contributed by atoms with van der Waals surface area (Å²) in [6.07, 6.45) is 0.878. The Morgan fingerprint density at radius 2 is 2.13 bits per heavy atom. The lowest BCUT2D eigenvalue weighted by molar-refractivity contribution is 0.0636. The van der Waals surface area contributed by atoms with Crippen LogP contribution in [0.15, 0.2) is 23.1 Å². The molecule has 0 fully saturated rings. The number of anilines is 1. The number of carbonyl (C=O) groups is 1. The Balaban J connectivity index is 2.63. The van der Waals surface area contributed by atoms with Gasteiger partial charge in [-0.3, -0.25) is 10.1 Å². The van der Waals surface area contributed by atoms with Crippen molar-refractivity contribution in [2.24, 2.45) is 0 Å². The summed E-state index contributed by atoms with van der Waals surface area (Å²) >= 11 is 0. The van der Waals surface area contributed by atoms with Crippen LogP contribution >= 0.6 is 0 Å². The molecular formula is C10H14N2O3. The van der Waals surface area contributed by atoms with E-state index in [2.05, 4.69) is 10.3 Å². The Morgan fingerprint density at radius 1 is 1.47 bits per heavy atom. The minimum absolute atomic E-state index is 0.274. The van der Waals surface area contributed by atoms with Crippen LogP contribution in [0, 0.1) is 0 Å². The van der Waals surface area contributed by atoms with Crippen molar-refractivity contribution in [3.05, 3.63) is 28.7 Å². The smallest absolute Gasteiger partial charge is 0.412 e. The lowest BCUT2D eigenvalue weighted by Gasteiger charge is -2.19. The predicted octanol–water partition coefficient (Wildman–Crippen LogP) is 1.72. The molecule has 0 saturated carbocycles. The molecule has 0 saturated heterocycles. The van der Waals surface area contributed by atoms with Gasteiger partial charge in [0.2, 0.25) is 5.56 Å². The molecule has 1 heterocycles. The van der Waals surface area contributed by atoms with E-state index in [0.29, 0.717) is 5.69 Å². The molecule has 0 spiro atoms. The average molecular weight is 210 g/mol. The molecule has 1 aromatic rings. The van der Waals surface area contributed by atoms with Crippen molar-refractivity contribution in [3.8, 4) is 0 Å². The fraction of sp³-hybridized carbons (Fsp3) is 0.400. The molecule has 0 aliphatic heterocycles. The molecular weight excluding hydrogens is 196 g/mol. The third-order valence-electron chi connectivity index (χ3n) is 1.42. The SMILES string of the molecule is CC(C)(C)OC(=O)Nc1cc[nH]c(=O)c1. The zero-order valence-electron chi connectivity index (χ0n) is 8.96. The monoisotopic (exact) mass is 210 g/mol. The third-order valence-corrected chi connectivity index (χ3v) is 1.42. The van der Waals surface area contributed by atoms with Gasteiger partial charge < -0.3 is 9.72 Å². The summed E-state index contributed by atoms with van der Waals surface area (Å²) in [7, 11) is 0. The van der Waals surface area contributed by atoms with Gasteiger partial charge in [-0.25, -0.2) is 4.79 Å². The highest BCUT2D eigenvalue weighted by Gasteiger charge is 2.15. The molecule has 82 valence electrons. The molecule has 0 bridgehead atoms. The topological polar surface area (TPSA) is 71.2 Å². The molecule has 2 N–H and O–H groups in total. The van der Waals surface area contributed by atoms with Gasteiger partial charge in [0.1, 0.15) is 5.60 Å². The van der Waals surface area contributed by atoms with E-state index >= 15 is 0 Å². The van der Waals surface area contributed by atoms with Crippen LogP contribution in [0.5, 0.6) is 0 Å². The van der Waals surface area contributed by atoms with Gasteiger partial charge in [-0.05, 0) is 26.8 Å². The van der Waals surface area contributed by atoms with Crippen LogP contribution in [0.3, 0.4) is 0 Å². The van der Waals surface area contributed by atoms with Crippen molar-refractivity contribution in [2.45, 2.75) is 26.4 Å². The second-order valence-electron chi connectivity index (χ2n) is 4.07. The summed E-state index contributed by atoms with van der Waals surface area (Å²) in [5.74, 6) is 0. The molecule has 1 amide bonds. The number of pyridine rings is 1. The first kappa shape index (κ1) is 11.3. The molecule has 5 nitrogen and oxygen atoms in total. The third kappa shape index (κ3) is 4.30. The predicted molar refractivity (Wildman–Crippen MR) is 56.9 cm³/mol. The summed E-state index contributed by atoms with van der Waals surface area (Å²) in [6.45, 7) is 5.30. The van der Waals surface area contributed by atoms with Gasteiger partial charge in [0, 0.05) is 12.3 Å². The Kier molecular flexibility index (Phi) is 3.14. The Hall–Kier alpha value is -1.78. The molecule has 0 aliphatic carbocycles. The second-order valence-corrected chi connectivity index (χ2v) is 4.07. The van der Waals surface area contributed by atoms with Crippen LogP contribution in [-0.2, 0) is 4.74 Å². The van der Waals surface area contributed by atoms with Crippen molar-refractivity contribution >= 4 is 11.8 Å². The van der Waals surface area contributed by atoms with E-state index in [0.717, 1.165) is 0 Å². The van der Waals surface area contributed by atoms with Crippen LogP contribution in [-0.4, -0.2) is 16.7 Å². The highest BCUT2D eigenvalue weighted by molar-refractivity contribution is 5.84. The zero-order valence-corrected chi connectivity index (χ0v) is 8.96. The molecule has 15 heavy (non-hydrogen) atoms. The highest BCUT2D eigenvalue weighted by Crippen LogP contribution is 2.09. The van der Waals surface area contributed by atoms with Crippen LogP contribution < -0.4 is 10.9 Å². The van der Waals surface area contributed by atoms with E-state index in [1.807, 2.05) is 0 Å². The fourth-order valence-electron chi connectivity index (χ4n) is 0.944. The van der Waals surface area contributed by atoms with E-state index in [-0.39, 0.29) is 5.56 Å². The van der Waals surface area contributed by atoms with Crippen molar-refractivity contribution in [1.29, 1.82) is 0 Å². The maximum Gasteiger partial charge on any atom is 0.412 e. The summed E-state index contributed by atoms with van der Waals surface area (Å²) < 4.78 is 5.02. The van der Waals surface area contributed by atoms with Crippen molar-refractivity contribution in [2.75, 3.05) is 5.32 Å². The standard InChI is InChI=1S/C10H14N2O3/c1-10(2,3)15-9(14)12-7-4-5-11-8(13)6-7/h4-6H,1-3H3,(H2,11,12,13,14). The number of rotatable bonds is 1. The van der Waals surface area contributed by atoms with E-state index in [1.165, 1.54) is 12.3 Å². The largest absolute Gasteiger partial charge is 0.444 e. The number of H-pyrrole nitrogens is 1. The van der Waals surface area contributed by atoms with E-state index in [1.54, 1.807) is 26.8 Å². The summed E-state index contributed by atoms with van der Waals surface area (Å²) in [4.78, 5) is 24.6. The maximum atomic E-state index is 11.3. The summed E-state index contributed by atoms with van der Waals surface area (Å²) in [5, 5.41) is 2.46. The number of aromatic amines is 1. The molecule has 1 aromatic heterocycles. The molecule has 0 aliphatic rings. The maximum absolute atomic E-state index is 11.3. The molecule has 1 rings (SSSR count).